The first kappa shape index (κ1) is 11.9. The summed E-state index contributed by atoms with van der Waals surface area (Å²) in [6, 6.07) is 0.312. The lowest BCUT2D eigenvalue weighted by atomic mass is 10.1. The van der Waals surface area contributed by atoms with Crippen LogP contribution in [0.2, 0.25) is 0 Å². The van der Waals surface area contributed by atoms with Crippen LogP contribution in [0.25, 0.3) is 0 Å². The fourth-order valence-electron chi connectivity index (χ4n) is 0.974. The quantitative estimate of drug-likeness (QED) is 0.453. The van der Waals surface area contributed by atoms with Gasteiger partial charge in [0.25, 0.3) is 0 Å². The standard InChI is InChI=1S/C9H22N2O/c1-4-5-6-9(11-10)7-12-8(2)3/h8-9,11H,4-7,10H2,1-3H3. The van der Waals surface area contributed by atoms with E-state index in [1.807, 2.05) is 13.8 Å². The summed E-state index contributed by atoms with van der Waals surface area (Å²) in [5.41, 5.74) is 2.77. The van der Waals surface area contributed by atoms with Crippen LogP contribution in [0.3, 0.4) is 0 Å². The molecular formula is C9H22N2O. The van der Waals surface area contributed by atoms with Gasteiger partial charge in [-0.2, -0.15) is 0 Å². The zero-order valence-electron chi connectivity index (χ0n) is 8.47. The van der Waals surface area contributed by atoms with Crippen LogP contribution in [-0.4, -0.2) is 18.8 Å². The molecule has 74 valence electrons. The van der Waals surface area contributed by atoms with Crippen molar-refractivity contribution in [2.75, 3.05) is 6.61 Å². The summed E-state index contributed by atoms with van der Waals surface area (Å²) < 4.78 is 5.45. The van der Waals surface area contributed by atoms with E-state index in [1.165, 1.54) is 12.8 Å². The van der Waals surface area contributed by atoms with Crippen LogP contribution in [0.5, 0.6) is 0 Å². The number of hydrogen-bond donors (Lipinski definition) is 2. The van der Waals surface area contributed by atoms with Gasteiger partial charge in [0.1, 0.15) is 0 Å². The Bertz CT molecular complexity index is 96.5. The van der Waals surface area contributed by atoms with Crippen LogP contribution in [0.4, 0.5) is 0 Å². The Morgan fingerprint density at radius 1 is 1.42 bits per heavy atom. The highest BCUT2D eigenvalue weighted by atomic mass is 16.5. The molecule has 0 aliphatic carbocycles. The van der Waals surface area contributed by atoms with Gasteiger partial charge in [-0.15, -0.1) is 0 Å². The molecule has 3 N–H and O–H groups in total. The fraction of sp³-hybridized carbons (Fsp3) is 1.00. The second kappa shape index (κ2) is 7.53. The van der Waals surface area contributed by atoms with Crippen LogP contribution >= 0.6 is 0 Å². The highest BCUT2D eigenvalue weighted by molar-refractivity contribution is 4.62. The van der Waals surface area contributed by atoms with E-state index in [4.69, 9.17) is 10.6 Å². The van der Waals surface area contributed by atoms with Crippen molar-refractivity contribution in [3.05, 3.63) is 0 Å². The van der Waals surface area contributed by atoms with Crippen LogP contribution < -0.4 is 11.3 Å². The van der Waals surface area contributed by atoms with E-state index >= 15 is 0 Å². The molecule has 0 bridgehead atoms. The third-order valence-electron chi connectivity index (χ3n) is 1.77. The van der Waals surface area contributed by atoms with Crippen LogP contribution in [0.1, 0.15) is 40.0 Å². The lowest BCUT2D eigenvalue weighted by molar-refractivity contribution is 0.0591. The van der Waals surface area contributed by atoms with Gasteiger partial charge in [0.2, 0.25) is 0 Å². The molecule has 0 heterocycles. The zero-order valence-corrected chi connectivity index (χ0v) is 8.47. The van der Waals surface area contributed by atoms with E-state index in [0.717, 1.165) is 6.42 Å². The normalized spacial score (nSPS) is 13.8. The Hall–Kier alpha value is -0.120. The molecule has 0 saturated heterocycles. The predicted octanol–water partition coefficient (Wildman–Crippen LogP) is 1.43. The molecule has 0 spiro atoms. The molecule has 0 fully saturated rings. The molecule has 0 aromatic carbocycles. The SMILES string of the molecule is CCCCC(COC(C)C)NN. The molecule has 0 aliphatic rings. The summed E-state index contributed by atoms with van der Waals surface area (Å²) in [5.74, 6) is 5.37. The van der Waals surface area contributed by atoms with Gasteiger partial charge in [-0.3, -0.25) is 11.3 Å². The minimum atomic E-state index is 0.294. The number of nitrogens with two attached hydrogens (primary N) is 1. The van der Waals surface area contributed by atoms with Crippen molar-refractivity contribution < 1.29 is 4.74 Å². The maximum Gasteiger partial charge on any atom is 0.0636 e. The molecule has 12 heavy (non-hydrogen) atoms. The fourth-order valence-corrected chi connectivity index (χ4v) is 0.974. The van der Waals surface area contributed by atoms with Crippen LogP contribution in [0, 0.1) is 0 Å². The monoisotopic (exact) mass is 174 g/mol. The van der Waals surface area contributed by atoms with E-state index in [1.54, 1.807) is 0 Å². The Kier molecular flexibility index (Phi) is 7.45. The molecule has 0 aromatic heterocycles. The molecule has 1 unspecified atom stereocenters. The van der Waals surface area contributed by atoms with Gasteiger partial charge in [-0.05, 0) is 20.3 Å². The molecule has 0 amide bonds. The maximum absolute atomic E-state index is 5.45. The molecule has 0 aliphatic heterocycles. The number of unbranched alkanes of at least 4 members (excludes halogenated alkanes) is 1. The summed E-state index contributed by atoms with van der Waals surface area (Å²) >= 11 is 0. The number of ether oxygens (including phenoxy) is 1. The second-order valence-electron chi connectivity index (χ2n) is 3.39. The van der Waals surface area contributed by atoms with Gasteiger partial charge in [-0.1, -0.05) is 19.8 Å². The van der Waals surface area contributed by atoms with Crippen molar-refractivity contribution in [3.8, 4) is 0 Å². The molecule has 0 aromatic rings. The van der Waals surface area contributed by atoms with Crippen molar-refractivity contribution in [1.82, 2.24) is 5.43 Å². The summed E-state index contributed by atoms with van der Waals surface area (Å²) in [5, 5.41) is 0. The molecule has 1 atom stereocenters. The van der Waals surface area contributed by atoms with Crippen molar-refractivity contribution >= 4 is 0 Å². The number of hydrazine groups is 1. The van der Waals surface area contributed by atoms with Gasteiger partial charge >= 0.3 is 0 Å². The van der Waals surface area contributed by atoms with Crippen molar-refractivity contribution in [1.29, 1.82) is 0 Å². The average Bonchev–Trinajstić information content (AvgIpc) is 2.05. The van der Waals surface area contributed by atoms with Gasteiger partial charge in [0, 0.05) is 6.04 Å². The van der Waals surface area contributed by atoms with E-state index < -0.39 is 0 Å². The average molecular weight is 174 g/mol. The summed E-state index contributed by atoms with van der Waals surface area (Å²) in [4.78, 5) is 0. The first-order chi connectivity index (χ1) is 5.70. The Morgan fingerprint density at radius 2 is 2.08 bits per heavy atom. The molecule has 0 rings (SSSR count). The predicted molar refractivity (Wildman–Crippen MR) is 51.7 cm³/mol. The van der Waals surface area contributed by atoms with Gasteiger partial charge in [0.15, 0.2) is 0 Å². The van der Waals surface area contributed by atoms with Crippen molar-refractivity contribution in [2.24, 2.45) is 5.84 Å². The Morgan fingerprint density at radius 3 is 2.50 bits per heavy atom. The second-order valence-corrected chi connectivity index (χ2v) is 3.39. The topological polar surface area (TPSA) is 47.3 Å². The van der Waals surface area contributed by atoms with Crippen LogP contribution in [-0.2, 0) is 4.74 Å². The van der Waals surface area contributed by atoms with Gasteiger partial charge in [-0.25, -0.2) is 0 Å². The Labute approximate surface area is 75.6 Å². The molecular weight excluding hydrogens is 152 g/mol. The summed E-state index contributed by atoms with van der Waals surface area (Å²) in [6.07, 6.45) is 3.80. The van der Waals surface area contributed by atoms with Gasteiger partial charge < -0.3 is 4.74 Å². The lowest BCUT2D eigenvalue weighted by Crippen LogP contribution is -2.39. The smallest absolute Gasteiger partial charge is 0.0636 e. The first-order valence-electron chi connectivity index (χ1n) is 4.78. The first-order valence-corrected chi connectivity index (χ1v) is 4.78. The Balaban J connectivity index is 3.39. The summed E-state index contributed by atoms with van der Waals surface area (Å²) in [6.45, 7) is 6.96. The zero-order chi connectivity index (χ0) is 9.40. The summed E-state index contributed by atoms with van der Waals surface area (Å²) in [7, 11) is 0. The third kappa shape index (κ3) is 6.58. The largest absolute Gasteiger partial charge is 0.377 e. The minimum absolute atomic E-state index is 0.294. The number of rotatable bonds is 7. The maximum atomic E-state index is 5.45. The van der Waals surface area contributed by atoms with E-state index in [-0.39, 0.29) is 0 Å². The van der Waals surface area contributed by atoms with Crippen molar-refractivity contribution in [3.63, 3.8) is 0 Å². The van der Waals surface area contributed by atoms with E-state index in [2.05, 4.69) is 12.3 Å². The van der Waals surface area contributed by atoms with Crippen molar-refractivity contribution in [2.45, 2.75) is 52.2 Å². The van der Waals surface area contributed by atoms with E-state index in [0.29, 0.717) is 18.8 Å². The molecule has 0 radical (unpaired) electrons. The lowest BCUT2D eigenvalue weighted by Gasteiger charge is -2.17. The van der Waals surface area contributed by atoms with E-state index in [9.17, 15) is 0 Å². The number of nitrogens with one attached hydrogen (secondary N) is 1. The highest BCUT2D eigenvalue weighted by Gasteiger charge is 2.06. The van der Waals surface area contributed by atoms with Crippen LogP contribution in [0.15, 0.2) is 0 Å². The highest BCUT2D eigenvalue weighted by Crippen LogP contribution is 2.01. The molecule has 3 heteroatoms. The van der Waals surface area contributed by atoms with Gasteiger partial charge in [0.05, 0.1) is 12.7 Å². The molecule has 3 nitrogen and oxygen atoms in total. The molecule has 0 saturated carbocycles. The number of hydrogen-bond acceptors (Lipinski definition) is 3. The minimum Gasteiger partial charge on any atom is -0.377 e. The third-order valence-corrected chi connectivity index (χ3v) is 1.77.